The maximum absolute atomic E-state index is 10.5. The van der Waals surface area contributed by atoms with Crippen LogP contribution in [0.15, 0.2) is 34.1 Å². The molecule has 8 heteroatoms. The van der Waals surface area contributed by atoms with Gasteiger partial charge < -0.3 is 15.7 Å². The molecule has 1 atom stereocenters. The number of rotatable bonds is 6. The molecule has 2 aromatic heterocycles. The summed E-state index contributed by atoms with van der Waals surface area (Å²) in [6, 6.07) is 3.88. The molecule has 0 aliphatic carbocycles. The van der Waals surface area contributed by atoms with Gasteiger partial charge in [-0.15, -0.1) is 24.0 Å². The number of thiophene rings is 1. The van der Waals surface area contributed by atoms with E-state index in [-0.39, 0.29) is 24.0 Å². The highest BCUT2D eigenvalue weighted by Gasteiger charge is 2.23. The van der Waals surface area contributed by atoms with Gasteiger partial charge >= 0.3 is 0 Å². The fourth-order valence-electron chi connectivity index (χ4n) is 1.99. The zero-order valence-corrected chi connectivity index (χ0v) is 16.8. The lowest BCUT2D eigenvalue weighted by Crippen LogP contribution is -2.44. The smallest absolute Gasteiger partial charge is 0.191 e. The molecule has 0 saturated heterocycles. The molecule has 1 unspecified atom stereocenters. The first kappa shape index (κ1) is 19.9. The highest BCUT2D eigenvalue weighted by molar-refractivity contribution is 14.0. The second-order valence-electron chi connectivity index (χ2n) is 5.28. The fourth-order valence-corrected chi connectivity index (χ4v) is 2.77. The van der Waals surface area contributed by atoms with Crippen molar-refractivity contribution in [1.29, 1.82) is 0 Å². The molecule has 0 saturated carbocycles. The largest absolute Gasteiger partial charge is 0.384 e. The quantitative estimate of drug-likeness (QED) is 0.359. The molecule has 0 spiro atoms. The Hall–Kier alpha value is -1.13. The van der Waals surface area contributed by atoms with Crippen LogP contribution in [0.3, 0.4) is 0 Å². The van der Waals surface area contributed by atoms with Gasteiger partial charge in [0.15, 0.2) is 5.96 Å². The zero-order valence-electron chi connectivity index (χ0n) is 13.6. The summed E-state index contributed by atoms with van der Waals surface area (Å²) in [5.74, 6) is 0.680. The van der Waals surface area contributed by atoms with Crippen LogP contribution in [0, 0.1) is 0 Å². The summed E-state index contributed by atoms with van der Waals surface area (Å²) in [7, 11) is 1.90. The van der Waals surface area contributed by atoms with Gasteiger partial charge in [0.1, 0.15) is 5.60 Å². The maximum Gasteiger partial charge on any atom is 0.191 e. The molecule has 0 aliphatic heterocycles. The van der Waals surface area contributed by atoms with Gasteiger partial charge in [0.05, 0.1) is 18.8 Å². The highest BCUT2D eigenvalue weighted by Crippen LogP contribution is 2.21. The minimum atomic E-state index is -0.928. The summed E-state index contributed by atoms with van der Waals surface area (Å²) in [5.41, 5.74) is 1.01. The normalized spacial score (nSPS) is 14.0. The first-order chi connectivity index (χ1) is 10.5. The predicted molar refractivity (Wildman–Crippen MR) is 105 cm³/mol. The van der Waals surface area contributed by atoms with Crippen molar-refractivity contribution in [3.8, 4) is 0 Å². The first-order valence-electron chi connectivity index (χ1n) is 7.27. The zero-order chi connectivity index (χ0) is 16.0. The summed E-state index contributed by atoms with van der Waals surface area (Å²) < 4.78 is 1.80. The summed E-state index contributed by atoms with van der Waals surface area (Å²) in [5, 5.41) is 25.0. The summed E-state index contributed by atoms with van der Waals surface area (Å²) in [4.78, 5) is 4.53. The van der Waals surface area contributed by atoms with E-state index in [2.05, 4.69) is 20.7 Å². The van der Waals surface area contributed by atoms with Crippen LogP contribution in [0.4, 0.5) is 0 Å². The van der Waals surface area contributed by atoms with Crippen LogP contribution < -0.4 is 10.6 Å². The summed E-state index contributed by atoms with van der Waals surface area (Å²) >= 11 is 1.58. The molecule has 3 N–H and O–H groups in total. The van der Waals surface area contributed by atoms with E-state index in [1.54, 1.807) is 29.1 Å². The van der Waals surface area contributed by atoms with Crippen molar-refractivity contribution in [1.82, 2.24) is 20.4 Å². The van der Waals surface area contributed by atoms with Crippen molar-refractivity contribution in [3.63, 3.8) is 0 Å². The van der Waals surface area contributed by atoms with E-state index in [0.717, 1.165) is 17.8 Å². The molecule has 2 heterocycles. The topological polar surface area (TPSA) is 74.5 Å². The van der Waals surface area contributed by atoms with Gasteiger partial charge in [0.25, 0.3) is 0 Å². The molecule has 0 amide bonds. The Morgan fingerprint density at radius 1 is 1.43 bits per heavy atom. The number of aromatic nitrogens is 2. The average Bonchev–Trinajstić information content (AvgIpc) is 3.14. The molecule has 0 aliphatic rings. The molecule has 2 aromatic rings. The minimum absolute atomic E-state index is 0. The standard InChI is InChI=1S/C15H23N5OS.HI/c1-4-16-14(17-9-13-5-7-19-20(13)3)18-11-15(2,21)12-6-8-22-10-12;/h5-8,10,21H,4,9,11H2,1-3H3,(H2,16,17,18);1H. The molecule has 0 radical (unpaired) electrons. The lowest BCUT2D eigenvalue weighted by molar-refractivity contribution is 0.0621. The molecule has 128 valence electrons. The summed E-state index contributed by atoms with van der Waals surface area (Å²) in [6.07, 6.45) is 1.76. The Morgan fingerprint density at radius 3 is 2.78 bits per heavy atom. The van der Waals surface area contributed by atoms with E-state index < -0.39 is 5.60 Å². The van der Waals surface area contributed by atoms with Gasteiger partial charge in [-0.1, -0.05) is 0 Å². The minimum Gasteiger partial charge on any atom is -0.384 e. The first-order valence-corrected chi connectivity index (χ1v) is 8.21. The Balaban J connectivity index is 0.00000264. The van der Waals surface area contributed by atoms with E-state index in [9.17, 15) is 5.11 Å². The molecule has 2 rings (SSSR count). The fraction of sp³-hybridized carbons (Fsp3) is 0.467. The van der Waals surface area contributed by atoms with Gasteiger partial charge in [0, 0.05) is 19.8 Å². The van der Waals surface area contributed by atoms with Crippen LogP contribution in [0.2, 0.25) is 0 Å². The van der Waals surface area contributed by atoms with Crippen LogP contribution in [0.25, 0.3) is 0 Å². The van der Waals surface area contributed by atoms with Gasteiger partial charge in [-0.25, -0.2) is 4.99 Å². The average molecular weight is 449 g/mol. The SMILES string of the molecule is CCNC(=NCc1ccnn1C)NCC(C)(O)c1ccsc1.I. The van der Waals surface area contributed by atoms with Crippen LogP contribution >= 0.6 is 35.3 Å². The molecule has 23 heavy (non-hydrogen) atoms. The van der Waals surface area contributed by atoms with Crippen molar-refractivity contribution in [2.45, 2.75) is 26.0 Å². The second kappa shape index (κ2) is 9.24. The third-order valence-corrected chi connectivity index (χ3v) is 4.09. The van der Waals surface area contributed by atoms with Gasteiger partial charge in [0.2, 0.25) is 0 Å². The molecule has 0 bridgehead atoms. The Labute approximate surface area is 158 Å². The summed E-state index contributed by atoms with van der Waals surface area (Å²) in [6.45, 7) is 5.50. The van der Waals surface area contributed by atoms with Crippen LogP contribution in [0.5, 0.6) is 0 Å². The Kier molecular flexibility index (Phi) is 8.00. The molecular weight excluding hydrogens is 425 g/mol. The van der Waals surface area contributed by atoms with Crippen molar-refractivity contribution >= 4 is 41.3 Å². The van der Waals surface area contributed by atoms with E-state index in [1.165, 1.54) is 0 Å². The van der Waals surface area contributed by atoms with Gasteiger partial charge in [-0.05, 0) is 42.3 Å². The number of nitrogens with one attached hydrogen (secondary N) is 2. The number of halogens is 1. The van der Waals surface area contributed by atoms with Gasteiger partial charge in [-0.2, -0.15) is 16.4 Å². The van der Waals surface area contributed by atoms with Crippen molar-refractivity contribution in [2.75, 3.05) is 13.1 Å². The number of hydrogen-bond donors (Lipinski definition) is 3. The third-order valence-electron chi connectivity index (χ3n) is 3.41. The van der Waals surface area contributed by atoms with Crippen LogP contribution in [-0.4, -0.2) is 33.9 Å². The third kappa shape index (κ3) is 5.78. The molecule has 0 aromatic carbocycles. The number of guanidine groups is 1. The number of aliphatic imine (C=N–C) groups is 1. The maximum atomic E-state index is 10.5. The lowest BCUT2D eigenvalue weighted by atomic mass is 9.99. The van der Waals surface area contributed by atoms with Crippen molar-refractivity contribution in [2.24, 2.45) is 12.0 Å². The lowest BCUT2D eigenvalue weighted by Gasteiger charge is -2.24. The Morgan fingerprint density at radius 2 is 2.22 bits per heavy atom. The molecule has 6 nitrogen and oxygen atoms in total. The highest BCUT2D eigenvalue weighted by atomic mass is 127. The van der Waals surface area contributed by atoms with E-state index in [0.29, 0.717) is 19.0 Å². The van der Waals surface area contributed by atoms with Crippen LogP contribution in [0.1, 0.15) is 25.1 Å². The van der Waals surface area contributed by atoms with E-state index in [4.69, 9.17) is 0 Å². The predicted octanol–water partition coefficient (Wildman–Crippen LogP) is 2.06. The number of nitrogens with zero attached hydrogens (tertiary/aromatic N) is 3. The number of aliphatic hydroxyl groups is 1. The van der Waals surface area contributed by atoms with Crippen molar-refractivity contribution < 1.29 is 5.11 Å². The second-order valence-corrected chi connectivity index (χ2v) is 6.06. The van der Waals surface area contributed by atoms with Crippen LogP contribution in [-0.2, 0) is 19.2 Å². The number of aryl methyl sites for hydroxylation is 1. The molecule has 0 fully saturated rings. The van der Waals surface area contributed by atoms with Gasteiger partial charge in [-0.3, -0.25) is 4.68 Å². The van der Waals surface area contributed by atoms with E-state index in [1.807, 2.05) is 36.9 Å². The van der Waals surface area contributed by atoms with Crippen molar-refractivity contribution in [3.05, 3.63) is 40.3 Å². The Bertz CT molecular complexity index is 609. The van der Waals surface area contributed by atoms with E-state index >= 15 is 0 Å². The molecular formula is C15H24IN5OS. The number of hydrogen-bond acceptors (Lipinski definition) is 4. The monoisotopic (exact) mass is 449 g/mol.